The molecule has 0 saturated carbocycles. The molecule has 2 rings (SSSR count). The summed E-state index contributed by atoms with van der Waals surface area (Å²) in [7, 11) is 0. The van der Waals surface area contributed by atoms with Gasteiger partial charge in [-0.15, -0.1) is 0 Å². The van der Waals surface area contributed by atoms with E-state index < -0.39 is 0 Å². The largest absolute Gasteiger partial charge is 0.396 e. The summed E-state index contributed by atoms with van der Waals surface area (Å²) in [4.78, 5) is 4.19. The fraction of sp³-hybridized carbons (Fsp3) is 0.111. The first-order chi connectivity index (χ1) is 6.66. The molecule has 0 aromatic carbocycles. The lowest BCUT2D eigenvalue weighted by molar-refractivity contribution is 0.834. The third kappa shape index (κ3) is 1.63. The molecule has 0 aliphatic carbocycles. The molecule has 0 fully saturated rings. The van der Waals surface area contributed by atoms with E-state index in [2.05, 4.69) is 26.0 Å². The van der Waals surface area contributed by atoms with Gasteiger partial charge in [0.05, 0.1) is 11.4 Å². The van der Waals surface area contributed by atoms with E-state index in [9.17, 15) is 0 Å². The highest BCUT2D eigenvalue weighted by molar-refractivity contribution is 9.10. The number of nitrogens with two attached hydrogens (primary N) is 1. The van der Waals surface area contributed by atoms with Crippen molar-refractivity contribution in [1.29, 1.82) is 0 Å². The Bertz CT molecular complexity index is 464. The van der Waals surface area contributed by atoms with Crippen molar-refractivity contribution in [1.82, 2.24) is 14.8 Å². The number of nitrogens with zero attached hydrogens (tertiary/aromatic N) is 3. The topological polar surface area (TPSA) is 56.7 Å². The normalized spacial score (nSPS) is 10.4. The van der Waals surface area contributed by atoms with Crippen molar-refractivity contribution in [2.45, 2.75) is 6.92 Å². The third-order valence-electron chi connectivity index (χ3n) is 1.80. The van der Waals surface area contributed by atoms with Crippen molar-refractivity contribution in [3.63, 3.8) is 0 Å². The second-order valence-corrected chi connectivity index (χ2v) is 3.88. The molecule has 14 heavy (non-hydrogen) atoms. The van der Waals surface area contributed by atoms with Gasteiger partial charge in [0, 0.05) is 16.9 Å². The fourth-order valence-corrected chi connectivity index (χ4v) is 1.52. The van der Waals surface area contributed by atoms with Crippen LogP contribution in [0.1, 0.15) is 5.69 Å². The lowest BCUT2D eigenvalue weighted by Crippen LogP contribution is -2.03. The van der Waals surface area contributed by atoms with Crippen molar-refractivity contribution in [2.75, 3.05) is 5.73 Å². The van der Waals surface area contributed by atoms with E-state index in [0.29, 0.717) is 11.5 Å². The van der Waals surface area contributed by atoms with Gasteiger partial charge in [0.15, 0.2) is 5.82 Å². The van der Waals surface area contributed by atoms with Gasteiger partial charge >= 0.3 is 0 Å². The fourth-order valence-electron chi connectivity index (χ4n) is 1.17. The lowest BCUT2D eigenvalue weighted by atomic mass is 10.4. The summed E-state index contributed by atoms with van der Waals surface area (Å²) >= 11 is 3.30. The minimum atomic E-state index is 0.600. The molecular formula is C9H9BrN4. The van der Waals surface area contributed by atoms with E-state index in [1.807, 2.05) is 19.2 Å². The van der Waals surface area contributed by atoms with Crippen molar-refractivity contribution in [3.05, 3.63) is 34.7 Å². The summed E-state index contributed by atoms with van der Waals surface area (Å²) in [5.74, 6) is 0.654. The molecule has 0 amide bonds. The number of hydrogen-bond acceptors (Lipinski definition) is 3. The van der Waals surface area contributed by atoms with E-state index in [4.69, 9.17) is 5.73 Å². The van der Waals surface area contributed by atoms with Crippen molar-refractivity contribution in [3.8, 4) is 5.82 Å². The van der Waals surface area contributed by atoms with Crippen molar-refractivity contribution < 1.29 is 0 Å². The van der Waals surface area contributed by atoms with E-state index in [0.717, 1.165) is 10.2 Å². The summed E-state index contributed by atoms with van der Waals surface area (Å²) < 4.78 is 2.53. The summed E-state index contributed by atoms with van der Waals surface area (Å²) in [6.07, 6.45) is 3.53. The summed E-state index contributed by atoms with van der Waals surface area (Å²) in [5, 5.41) is 4.23. The van der Waals surface area contributed by atoms with E-state index in [-0.39, 0.29) is 0 Å². The van der Waals surface area contributed by atoms with Gasteiger partial charge in [-0.05, 0) is 35.0 Å². The second-order valence-electron chi connectivity index (χ2n) is 2.97. The van der Waals surface area contributed by atoms with E-state index in [1.54, 1.807) is 16.9 Å². The van der Waals surface area contributed by atoms with Crippen LogP contribution in [0.15, 0.2) is 29.0 Å². The Morgan fingerprint density at radius 3 is 2.86 bits per heavy atom. The molecule has 4 nitrogen and oxygen atoms in total. The van der Waals surface area contributed by atoms with Gasteiger partial charge < -0.3 is 5.73 Å². The van der Waals surface area contributed by atoms with Crippen LogP contribution in [0.2, 0.25) is 0 Å². The summed E-state index contributed by atoms with van der Waals surface area (Å²) in [5.41, 5.74) is 7.35. The van der Waals surface area contributed by atoms with Gasteiger partial charge in [-0.25, -0.2) is 9.67 Å². The number of halogens is 1. The molecule has 0 bridgehead atoms. The van der Waals surface area contributed by atoms with E-state index >= 15 is 0 Å². The zero-order chi connectivity index (χ0) is 10.1. The van der Waals surface area contributed by atoms with Crippen LogP contribution >= 0.6 is 15.9 Å². The van der Waals surface area contributed by atoms with Crippen LogP contribution in [0, 0.1) is 6.92 Å². The highest BCUT2D eigenvalue weighted by Crippen LogP contribution is 2.18. The number of nitrogen functional groups attached to an aromatic ring is 1. The Hall–Kier alpha value is -1.36. The van der Waals surface area contributed by atoms with Gasteiger partial charge in [0.1, 0.15) is 0 Å². The van der Waals surface area contributed by atoms with Gasteiger partial charge in [0.2, 0.25) is 0 Å². The van der Waals surface area contributed by atoms with Crippen molar-refractivity contribution in [2.24, 2.45) is 0 Å². The molecule has 0 aliphatic heterocycles. The Kier molecular flexibility index (Phi) is 2.25. The summed E-state index contributed by atoms with van der Waals surface area (Å²) in [6, 6.07) is 3.71. The second kappa shape index (κ2) is 3.42. The Morgan fingerprint density at radius 1 is 1.50 bits per heavy atom. The Morgan fingerprint density at radius 2 is 2.29 bits per heavy atom. The third-order valence-corrected chi connectivity index (χ3v) is 2.23. The average Bonchev–Trinajstić information content (AvgIpc) is 2.51. The highest BCUT2D eigenvalue weighted by atomic mass is 79.9. The minimum absolute atomic E-state index is 0.600. The van der Waals surface area contributed by atoms with Gasteiger partial charge in [-0.1, -0.05) is 0 Å². The predicted octanol–water partition coefficient (Wildman–Crippen LogP) is 1.92. The molecule has 0 unspecified atom stereocenters. The first-order valence-electron chi connectivity index (χ1n) is 4.10. The first-order valence-corrected chi connectivity index (χ1v) is 4.90. The van der Waals surface area contributed by atoms with E-state index in [1.165, 1.54) is 0 Å². The van der Waals surface area contributed by atoms with Crippen LogP contribution in [0.4, 0.5) is 5.69 Å². The molecule has 2 heterocycles. The maximum absolute atomic E-state index is 5.81. The van der Waals surface area contributed by atoms with Crippen LogP contribution in [-0.2, 0) is 0 Å². The standard InChI is InChI=1S/C9H9BrN4/c1-6-2-3-14(13-6)9-8(11)4-7(10)5-12-9/h2-5H,11H2,1H3. The predicted molar refractivity (Wildman–Crippen MR) is 58.2 cm³/mol. The molecule has 0 radical (unpaired) electrons. The molecule has 0 atom stereocenters. The molecule has 2 aromatic heterocycles. The molecule has 0 saturated heterocycles. The molecule has 5 heteroatoms. The number of hydrogen-bond donors (Lipinski definition) is 1. The zero-order valence-corrected chi connectivity index (χ0v) is 9.19. The number of anilines is 1. The Balaban J connectivity index is 2.52. The molecule has 2 aromatic rings. The van der Waals surface area contributed by atoms with Crippen molar-refractivity contribution >= 4 is 21.6 Å². The average molecular weight is 253 g/mol. The van der Waals surface area contributed by atoms with Crippen LogP contribution in [0.25, 0.3) is 5.82 Å². The monoisotopic (exact) mass is 252 g/mol. The van der Waals surface area contributed by atoms with Gasteiger partial charge in [-0.2, -0.15) is 5.10 Å². The number of aryl methyl sites for hydroxylation is 1. The van der Waals surface area contributed by atoms with Gasteiger partial charge in [-0.3, -0.25) is 0 Å². The zero-order valence-electron chi connectivity index (χ0n) is 7.61. The smallest absolute Gasteiger partial charge is 0.176 e. The maximum Gasteiger partial charge on any atom is 0.176 e. The van der Waals surface area contributed by atoms with Crippen LogP contribution < -0.4 is 5.73 Å². The van der Waals surface area contributed by atoms with Crippen LogP contribution in [-0.4, -0.2) is 14.8 Å². The first kappa shape index (κ1) is 9.21. The Labute approximate surface area is 89.9 Å². The lowest BCUT2D eigenvalue weighted by Gasteiger charge is -2.03. The molecule has 0 spiro atoms. The van der Waals surface area contributed by atoms with Crippen LogP contribution in [0.5, 0.6) is 0 Å². The minimum Gasteiger partial charge on any atom is -0.396 e. The maximum atomic E-state index is 5.81. The summed E-state index contributed by atoms with van der Waals surface area (Å²) in [6.45, 7) is 1.92. The number of pyridine rings is 1. The molecule has 2 N–H and O–H groups in total. The quantitative estimate of drug-likeness (QED) is 0.844. The molecule has 72 valence electrons. The molecule has 0 aliphatic rings. The van der Waals surface area contributed by atoms with Crippen LogP contribution in [0.3, 0.4) is 0 Å². The number of aromatic nitrogens is 3. The highest BCUT2D eigenvalue weighted by Gasteiger charge is 2.04. The molecular weight excluding hydrogens is 244 g/mol. The number of rotatable bonds is 1. The van der Waals surface area contributed by atoms with Gasteiger partial charge in [0.25, 0.3) is 0 Å². The SMILES string of the molecule is Cc1ccn(-c2ncc(Br)cc2N)n1.